The van der Waals surface area contributed by atoms with Gasteiger partial charge in [0, 0.05) is 45.2 Å². The van der Waals surface area contributed by atoms with Gasteiger partial charge in [-0.05, 0) is 12.5 Å². The molecule has 1 aromatic rings. The van der Waals surface area contributed by atoms with Crippen molar-refractivity contribution in [1.82, 2.24) is 14.9 Å². The highest BCUT2D eigenvalue weighted by atomic mass is 19.3. The van der Waals surface area contributed by atoms with Crippen LogP contribution in [0.2, 0.25) is 0 Å². The van der Waals surface area contributed by atoms with E-state index < -0.39 is 5.92 Å². The SMILES string of the molecule is N#Cc1ccnc(N2CCC(C(=O)N3CCC(F)(F)CC3)C2)n1. The maximum atomic E-state index is 13.2. The number of carbonyl (C=O) groups is 1. The Bertz CT molecular complexity index is 635. The standard InChI is InChI=1S/C15H17F2N5O/c16-15(17)3-7-21(8-4-15)13(23)11-2-6-22(10-11)14-19-5-1-12(9-18)20-14/h1,5,11H,2-4,6-8,10H2. The van der Waals surface area contributed by atoms with Gasteiger partial charge in [0.15, 0.2) is 0 Å². The van der Waals surface area contributed by atoms with Crippen LogP contribution in [-0.2, 0) is 4.79 Å². The molecular formula is C15H17F2N5O. The number of likely N-dealkylation sites (tertiary alicyclic amines) is 1. The van der Waals surface area contributed by atoms with Crippen LogP contribution >= 0.6 is 0 Å². The maximum absolute atomic E-state index is 13.2. The zero-order chi connectivity index (χ0) is 16.4. The van der Waals surface area contributed by atoms with E-state index in [0.717, 1.165) is 0 Å². The molecule has 2 aliphatic rings. The second-order valence-electron chi connectivity index (χ2n) is 5.97. The molecule has 1 aromatic heterocycles. The number of aromatic nitrogens is 2. The van der Waals surface area contributed by atoms with Crippen molar-refractivity contribution in [3.8, 4) is 6.07 Å². The van der Waals surface area contributed by atoms with Crippen LogP contribution in [0, 0.1) is 17.2 Å². The normalized spacial score (nSPS) is 23.6. The monoisotopic (exact) mass is 321 g/mol. The van der Waals surface area contributed by atoms with Crippen molar-refractivity contribution in [2.45, 2.75) is 25.2 Å². The van der Waals surface area contributed by atoms with E-state index in [2.05, 4.69) is 9.97 Å². The molecule has 0 N–H and O–H groups in total. The van der Waals surface area contributed by atoms with Crippen molar-refractivity contribution in [3.05, 3.63) is 18.0 Å². The molecule has 0 spiro atoms. The minimum Gasteiger partial charge on any atom is -0.342 e. The zero-order valence-corrected chi connectivity index (χ0v) is 12.6. The Morgan fingerprint density at radius 1 is 1.35 bits per heavy atom. The smallest absolute Gasteiger partial charge is 0.251 e. The topological polar surface area (TPSA) is 73.1 Å². The number of piperidine rings is 1. The first-order chi connectivity index (χ1) is 11.0. The summed E-state index contributed by atoms with van der Waals surface area (Å²) in [4.78, 5) is 24.1. The molecule has 1 atom stereocenters. The number of halogens is 2. The number of alkyl halides is 2. The number of amides is 1. The predicted octanol–water partition coefficient (Wildman–Crippen LogP) is 1.43. The number of hydrogen-bond acceptors (Lipinski definition) is 5. The molecular weight excluding hydrogens is 304 g/mol. The first-order valence-corrected chi connectivity index (χ1v) is 7.63. The molecule has 6 nitrogen and oxygen atoms in total. The summed E-state index contributed by atoms with van der Waals surface area (Å²) in [5.74, 6) is -2.51. The Morgan fingerprint density at radius 3 is 2.78 bits per heavy atom. The van der Waals surface area contributed by atoms with Crippen LogP contribution in [0.3, 0.4) is 0 Å². The molecule has 1 amide bonds. The fourth-order valence-corrected chi connectivity index (χ4v) is 3.02. The van der Waals surface area contributed by atoms with Gasteiger partial charge in [-0.25, -0.2) is 18.7 Å². The van der Waals surface area contributed by atoms with Crippen molar-refractivity contribution >= 4 is 11.9 Å². The van der Waals surface area contributed by atoms with Crippen molar-refractivity contribution in [1.29, 1.82) is 5.26 Å². The second-order valence-corrected chi connectivity index (χ2v) is 5.97. The predicted molar refractivity (Wildman–Crippen MR) is 77.8 cm³/mol. The summed E-state index contributed by atoms with van der Waals surface area (Å²) < 4.78 is 26.4. The van der Waals surface area contributed by atoms with Gasteiger partial charge in [0.05, 0.1) is 5.92 Å². The summed E-state index contributed by atoms with van der Waals surface area (Å²) >= 11 is 0. The van der Waals surface area contributed by atoms with E-state index in [0.29, 0.717) is 25.5 Å². The first-order valence-electron chi connectivity index (χ1n) is 7.63. The number of anilines is 1. The van der Waals surface area contributed by atoms with Gasteiger partial charge in [-0.1, -0.05) is 0 Å². The molecule has 122 valence electrons. The van der Waals surface area contributed by atoms with Gasteiger partial charge in [0.2, 0.25) is 11.9 Å². The van der Waals surface area contributed by atoms with E-state index in [4.69, 9.17) is 5.26 Å². The van der Waals surface area contributed by atoms with E-state index in [-0.39, 0.29) is 43.5 Å². The van der Waals surface area contributed by atoms with Gasteiger partial charge in [-0.15, -0.1) is 0 Å². The molecule has 8 heteroatoms. The number of carbonyl (C=O) groups excluding carboxylic acids is 1. The Balaban J connectivity index is 1.61. The summed E-state index contributed by atoms with van der Waals surface area (Å²) in [7, 11) is 0. The minimum atomic E-state index is -2.65. The van der Waals surface area contributed by atoms with E-state index in [1.165, 1.54) is 17.2 Å². The highest BCUT2D eigenvalue weighted by Gasteiger charge is 2.39. The third-order valence-corrected chi connectivity index (χ3v) is 4.38. The van der Waals surface area contributed by atoms with Gasteiger partial charge >= 0.3 is 0 Å². The minimum absolute atomic E-state index is 0.0700. The lowest BCUT2D eigenvalue weighted by molar-refractivity contribution is -0.140. The summed E-state index contributed by atoms with van der Waals surface area (Å²) in [5, 5.41) is 8.88. The number of rotatable bonds is 2. The first kappa shape index (κ1) is 15.6. The summed E-state index contributed by atoms with van der Waals surface area (Å²) in [6, 6.07) is 3.48. The fourth-order valence-electron chi connectivity index (χ4n) is 3.02. The lowest BCUT2D eigenvalue weighted by Crippen LogP contribution is -2.45. The molecule has 23 heavy (non-hydrogen) atoms. The number of nitrogens with zero attached hydrogens (tertiary/aromatic N) is 5. The lowest BCUT2D eigenvalue weighted by atomic mass is 10.0. The summed E-state index contributed by atoms with van der Waals surface area (Å²) in [6.07, 6.45) is 1.64. The van der Waals surface area contributed by atoms with Crippen LogP contribution < -0.4 is 4.90 Å². The third-order valence-electron chi connectivity index (χ3n) is 4.38. The molecule has 2 aliphatic heterocycles. The molecule has 0 aliphatic carbocycles. The largest absolute Gasteiger partial charge is 0.342 e. The van der Waals surface area contributed by atoms with Crippen molar-refractivity contribution in [3.63, 3.8) is 0 Å². The molecule has 0 saturated carbocycles. The Labute approximate surface area is 132 Å². The highest BCUT2D eigenvalue weighted by Crippen LogP contribution is 2.30. The highest BCUT2D eigenvalue weighted by molar-refractivity contribution is 5.80. The average molecular weight is 321 g/mol. The maximum Gasteiger partial charge on any atom is 0.251 e. The fraction of sp³-hybridized carbons (Fsp3) is 0.600. The molecule has 3 heterocycles. The van der Waals surface area contributed by atoms with Crippen LogP contribution in [0.15, 0.2) is 12.3 Å². The Hall–Kier alpha value is -2.30. The third kappa shape index (κ3) is 3.38. The summed E-state index contributed by atoms with van der Waals surface area (Å²) in [5.41, 5.74) is 0.281. The van der Waals surface area contributed by atoms with E-state index in [9.17, 15) is 13.6 Å². The number of hydrogen-bond donors (Lipinski definition) is 0. The second kappa shape index (κ2) is 6.07. The van der Waals surface area contributed by atoms with Crippen LogP contribution in [0.5, 0.6) is 0 Å². The molecule has 0 aromatic carbocycles. The van der Waals surface area contributed by atoms with Crippen LogP contribution in [0.1, 0.15) is 25.0 Å². The van der Waals surface area contributed by atoms with Crippen LogP contribution in [0.25, 0.3) is 0 Å². The van der Waals surface area contributed by atoms with Gasteiger partial charge in [0.1, 0.15) is 11.8 Å². The Morgan fingerprint density at radius 2 is 2.09 bits per heavy atom. The quantitative estimate of drug-likeness (QED) is 0.824. The Kier molecular flexibility index (Phi) is 4.11. The van der Waals surface area contributed by atoms with Gasteiger partial charge in [-0.2, -0.15) is 5.26 Å². The van der Waals surface area contributed by atoms with Crippen molar-refractivity contribution < 1.29 is 13.6 Å². The molecule has 2 fully saturated rings. The molecule has 1 unspecified atom stereocenters. The lowest BCUT2D eigenvalue weighted by Gasteiger charge is -2.33. The molecule has 3 rings (SSSR count). The van der Waals surface area contributed by atoms with Crippen LogP contribution in [0.4, 0.5) is 14.7 Å². The molecule has 0 radical (unpaired) electrons. The van der Waals surface area contributed by atoms with E-state index in [1.54, 1.807) is 0 Å². The van der Waals surface area contributed by atoms with Gasteiger partial charge < -0.3 is 9.80 Å². The molecule has 2 saturated heterocycles. The average Bonchev–Trinajstić information content (AvgIpc) is 3.04. The van der Waals surface area contributed by atoms with Gasteiger partial charge in [0.25, 0.3) is 5.92 Å². The van der Waals surface area contributed by atoms with Crippen molar-refractivity contribution in [2.24, 2.45) is 5.92 Å². The molecule has 0 bridgehead atoms. The zero-order valence-electron chi connectivity index (χ0n) is 12.6. The number of nitriles is 1. The summed E-state index contributed by atoms with van der Waals surface area (Å²) in [6.45, 7) is 1.31. The van der Waals surface area contributed by atoms with Crippen LogP contribution in [-0.4, -0.2) is 52.9 Å². The van der Waals surface area contributed by atoms with E-state index >= 15 is 0 Å². The van der Waals surface area contributed by atoms with Gasteiger partial charge in [-0.3, -0.25) is 4.79 Å². The van der Waals surface area contributed by atoms with Crippen molar-refractivity contribution in [2.75, 3.05) is 31.1 Å². The van der Waals surface area contributed by atoms with E-state index in [1.807, 2.05) is 11.0 Å².